The molecule has 0 saturated heterocycles. The number of nitrogens with one attached hydrogen (secondary N) is 1. The van der Waals surface area contributed by atoms with Crippen LogP contribution in [0.15, 0.2) is 18.2 Å². The minimum Gasteiger partial charge on any atom is -0.324 e. The van der Waals surface area contributed by atoms with Crippen molar-refractivity contribution in [3.05, 3.63) is 29.3 Å². The van der Waals surface area contributed by atoms with Crippen molar-refractivity contribution in [3.8, 4) is 0 Å². The lowest BCUT2D eigenvalue weighted by Crippen LogP contribution is -2.37. The van der Waals surface area contributed by atoms with Gasteiger partial charge in [0.2, 0.25) is 5.91 Å². The van der Waals surface area contributed by atoms with Gasteiger partial charge >= 0.3 is 0 Å². The second-order valence-corrected chi connectivity index (χ2v) is 9.79. The monoisotopic (exact) mass is 394 g/mol. The van der Waals surface area contributed by atoms with Gasteiger partial charge in [0.05, 0.1) is 11.8 Å². The molecular formula is C16H27ClN2O3S2. The van der Waals surface area contributed by atoms with Gasteiger partial charge in [0.25, 0.3) is 0 Å². The molecule has 0 saturated carbocycles. The second kappa shape index (κ2) is 10.3. The zero-order valence-corrected chi connectivity index (χ0v) is 17.0. The van der Waals surface area contributed by atoms with Gasteiger partial charge in [0, 0.05) is 17.7 Å². The number of nitrogens with two attached hydrogens (primary N) is 1. The van der Waals surface area contributed by atoms with Gasteiger partial charge < -0.3 is 11.1 Å². The Balaban J connectivity index is 0.00000529. The maximum absolute atomic E-state index is 12.1. The van der Waals surface area contributed by atoms with Crippen LogP contribution in [0, 0.1) is 6.92 Å². The number of carbonyl (C=O) groups is 1. The molecule has 8 heteroatoms. The van der Waals surface area contributed by atoms with Crippen LogP contribution in [0.2, 0.25) is 0 Å². The van der Waals surface area contributed by atoms with Gasteiger partial charge in [-0.05, 0) is 35.8 Å². The molecule has 0 aliphatic carbocycles. The van der Waals surface area contributed by atoms with Crippen LogP contribution in [0.3, 0.4) is 0 Å². The van der Waals surface area contributed by atoms with E-state index in [2.05, 4.69) is 19.2 Å². The number of rotatable bonds is 8. The molecule has 1 rings (SSSR count). The maximum Gasteiger partial charge on any atom is 0.241 e. The fraction of sp³-hybridized carbons (Fsp3) is 0.562. The van der Waals surface area contributed by atoms with Crippen LogP contribution in [0.25, 0.3) is 0 Å². The number of halogens is 1. The molecule has 1 amide bonds. The largest absolute Gasteiger partial charge is 0.324 e. The van der Waals surface area contributed by atoms with E-state index < -0.39 is 15.9 Å². The second-order valence-electron chi connectivity index (χ2n) is 5.96. The molecule has 0 fully saturated rings. The Hall–Kier alpha value is -0.760. The summed E-state index contributed by atoms with van der Waals surface area (Å²) < 4.78 is 22.3. The molecule has 1 atom stereocenters. The summed E-state index contributed by atoms with van der Waals surface area (Å²) in [7, 11) is -3.12. The molecule has 5 nitrogen and oxygen atoms in total. The van der Waals surface area contributed by atoms with Crippen LogP contribution >= 0.6 is 24.2 Å². The van der Waals surface area contributed by atoms with Crippen molar-refractivity contribution in [1.82, 2.24) is 0 Å². The summed E-state index contributed by atoms with van der Waals surface area (Å²) >= 11 is 1.84. The average Bonchev–Trinajstić information content (AvgIpc) is 2.44. The first kappa shape index (κ1) is 23.2. The summed E-state index contributed by atoms with van der Waals surface area (Å²) in [4.78, 5) is 12.1. The molecule has 0 aliphatic heterocycles. The Labute approximate surface area is 155 Å². The number of sulfone groups is 1. The number of carbonyl (C=O) groups excluding carboxylic acids is 1. The lowest BCUT2D eigenvalue weighted by atomic mass is 10.1. The predicted octanol–water partition coefficient (Wildman–Crippen LogP) is 2.76. The summed E-state index contributed by atoms with van der Waals surface area (Å²) in [6.07, 6.45) is 1.25. The van der Waals surface area contributed by atoms with Gasteiger partial charge in [-0.2, -0.15) is 11.8 Å². The van der Waals surface area contributed by atoms with Gasteiger partial charge in [0.15, 0.2) is 0 Å². The standard InChI is InChI=1S/C16H26N2O3S2.ClH/c1-11(2)22-10-13-6-5-7-15(12(13)3)18-16(19)14(17)8-9-23(4,20)21;/h5-7,11,14H,8-10,17H2,1-4H3,(H,18,19);1H. The van der Waals surface area contributed by atoms with E-state index in [0.29, 0.717) is 5.25 Å². The van der Waals surface area contributed by atoms with Crippen LogP contribution in [-0.4, -0.2) is 37.6 Å². The summed E-state index contributed by atoms with van der Waals surface area (Å²) in [5.41, 5.74) is 8.70. The van der Waals surface area contributed by atoms with Crippen LogP contribution < -0.4 is 11.1 Å². The number of amides is 1. The van der Waals surface area contributed by atoms with E-state index in [1.165, 1.54) is 5.56 Å². The summed E-state index contributed by atoms with van der Waals surface area (Å²) in [5.74, 6) is 0.435. The lowest BCUT2D eigenvalue weighted by Gasteiger charge is -2.16. The zero-order chi connectivity index (χ0) is 17.6. The Morgan fingerprint density at radius 3 is 2.50 bits per heavy atom. The van der Waals surface area contributed by atoms with Crippen LogP contribution in [0.4, 0.5) is 5.69 Å². The van der Waals surface area contributed by atoms with Gasteiger partial charge in [-0.3, -0.25) is 4.79 Å². The molecular weight excluding hydrogens is 368 g/mol. The molecule has 0 aromatic heterocycles. The van der Waals surface area contributed by atoms with Gasteiger partial charge in [-0.15, -0.1) is 12.4 Å². The first-order valence-electron chi connectivity index (χ1n) is 7.54. The molecule has 0 heterocycles. The third-order valence-corrected chi connectivity index (χ3v) is 5.53. The Morgan fingerprint density at radius 1 is 1.33 bits per heavy atom. The SMILES string of the molecule is Cc1c(CSC(C)C)cccc1NC(=O)C(N)CCS(C)(=O)=O.Cl. The van der Waals surface area contributed by atoms with Crippen molar-refractivity contribution in [2.24, 2.45) is 5.73 Å². The molecule has 24 heavy (non-hydrogen) atoms. The topological polar surface area (TPSA) is 89.3 Å². The van der Waals surface area contributed by atoms with E-state index in [-0.39, 0.29) is 30.5 Å². The average molecular weight is 395 g/mol. The maximum atomic E-state index is 12.1. The fourth-order valence-corrected chi connectivity index (χ4v) is 3.44. The first-order chi connectivity index (χ1) is 10.6. The molecule has 138 valence electrons. The Kier molecular flexibility index (Phi) is 9.96. The summed E-state index contributed by atoms with van der Waals surface area (Å²) in [5, 5.41) is 3.35. The number of benzene rings is 1. The number of hydrogen-bond acceptors (Lipinski definition) is 5. The number of thioether (sulfide) groups is 1. The van der Waals surface area contributed by atoms with E-state index in [9.17, 15) is 13.2 Å². The zero-order valence-electron chi connectivity index (χ0n) is 14.5. The van der Waals surface area contributed by atoms with E-state index in [1.54, 1.807) is 0 Å². The molecule has 0 bridgehead atoms. The summed E-state index contributed by atoms with van der Waals surface area (Å²) in [6.45, 7) is 6.26. The van der Waals surface area contributed by atoms with Gasteiger partial charge in [-0.25, -0.2) is 8.42 Å². The van der Waals surface area contributed by atoms with Crippen molar-refractivity contribution >= 4 is 45.6 Å². The first-order valence-corrected chi connectivity index (χ1v) is 10.7. The number of anilines is 1. The molecule has 1 aromatic rings. The van der Waals surface area contributed by atoms with Crippen molar-refractivity contribution < 1.29 is 13.2 Å². The predicted molar refractivity (Wildman–Crippen MR) is 106 cm³/mol. The molecule has 1 unspecified atom stereocenters. The highest BCUT2D eigenvalue weighted by molar-refractivity contribution is 7.99. The Morgan fingerprint density at radius 2 is 1.96 bits per heavy atom. The van der Waals surface area contributed by atoms with Crippen molar-refractivity contribution in [3.63, 3.8) is 0 Å². The van der Waals surface area contributed by atoms with E-state index in [0.717, 1.165) is 23.3 Å². The smallest absolute Gasteiger partial charge is 0.241 e. The molecule has 3 N–H and O–H groups in total. The van der Waals surface area contributed by atoms with E-state index in [4.69, 9.17) is 5.73 Å². The van der Waals surface area contributed by atoms with Crippen molar-refractivity contribution in [1.29, 1.82) is 0 Å². The summed E-state index contributed by atoms with van der Waals surface area (Å²) in [6, 6.07) is 4.95. The molecule has 0 aliphatic rings. The third-order valence-electron chi connectivity index (χ3n) is 3.41. The highest BCUT2D eigenvalue weighted by atomic mass is 35.5. The molecule has 1 aromatic carbocycles. The minimum atomic E-state index is -3.12. The van der Waals surface area contributed by atoms with Gasteiger partial charge in [0.1, 0.15) is 9.84 Å². The third kappa shape index (κ3) is 8.37. The molecule has 0 radical (unpaired) electrons. The van der Waals surface area contributed by atoms with Gasteiger partial charge in [-0.1, -0.05) is 26.0 Å². The number of hydrogen-bond donors (Lipinski definition) is 2. The van der Waals surface area contributed by atoms with Crippen molar-refractivity contribution in [2.45, 2.75) is 44.2 Å². The quantitative estimate of drug-likeness (QED) is 0.707. The molecule has 0 spiro atoms. The van der Waals surface area contributed by atoms with E-state index in [1.807, 2.05) is 36.9 Å². The fourth-order valence-electron chi connectivity index (χ4n) is 1.93. The highest BCUT2D eigenvalue weighted by Crippen LogP contribution is 2.25. The van der Waals surface area contributed by atoms with Crippen LogP contribution in [-0.2, 0) is 20.4 Å². The van der Waals surface area contributed by atoms with E-state index >= 15 is 0 Å². The highest BCUT2D eigenvalue weighted by Gasteiger charge is 2.17. The Bertz CT molecular complexity index is 649. The van der Waals surface area contributed by atoms with Crippen LogP contribution in [0.1, 0.15) is 31.4 Å². The lowest BCUT2D eigenvalue weighted by molar-refractivity contribution is -0.117. The van der Waals surface area contributed by atoms with Crippen LogP contribution in [0.5, 0.6) is 0 Å². The minimum absolute atomic E-state index is 0. The normalized spacial score (nSPS) is 12.6. The van der Waals surface area contributed by atoms with Crippen molar-refractivity contribution in [2.75, 3.05) is 17.3 Å².